The minimum Gasteiger partial charge on any atom is -0.246 e. The summed E-state index contributed by atoms with van der Waals surface area (Å²) in [7, 11) is 1.95. The quantitative estimate of drug-likeness (QED) is 0.483. The molecule has 0 radical (unpaired) electrons. The van der Waals surface area contributed by atoms with E-state index in [4.69, 9.17) is 4.98 Å². The van der Waals surface area contributed by atoms with Crippen LogP contribution in [-0.4, -0.2) is 12.0 Å². The molecule has 84 valence electrons. The summed E-state index contributed by atoms with van der Waals surface area (Å²) < 4.78 is 2.47. The summed E-state index contributed by atoms with van der Waals surface area (Å²) in [6.07, 6.45) is 0. The molecule has 1 aromatic carbocycles. The van der Waals surface area contributed by atoms with E-state index >= 15 is 0 Å². The lowest BCUT2D eigenvalue weighted by Gasteiger charge is -2.06. The summed E-state index contributed by atoms with van der Waals surface area (Å²) in [6, 6.07) is 12.4. The van der Waals surface area contributed by atoms with Crippen LogP contribution in [-0.2, 0) is 0 Å². The van der Waals surface area contributed by atoms with E-state index in [2.05, 4.69) is 57.9 Å². The highest BCUT2D eigenvalue weighted by Crippen LogP contribution is 2.32. The van der Waals surface area contributed by atoms with Gasteiger partial charge in [-0.2, -0.15) is 0 Å². The molecule has 17 heavy (non-hydrogen) atoms. The van der Waals surface area contributed by atoms with E-state index in [0.29, 0.717) is 0 Å². The van der Waals surface area contributed by atoms with Crippen molar-refractivity contribution >= 4 is 44.1 Å². The van der Waals surface area contributed by atoms with Crippen molar-refractivity contribution in [1.29, 1.82) is 0 Å². The second-order valence-electron chi connectivity index (χ2n) is 3.71. The standard InChI is InChI=1S/C13H9IN2S/c1-15-9-6-7-10-13(12(9)14)17-11-5-3-2-4-8(11)16-10/h2-7H,1H3/p+1. The summed E-state index contributed by atoms with van der Waals surface area (Å²) >= 11 is 4.18. The largest absolute Gasteiger partial charge is 0.246 e. The van der Waals surface area contributed by atoms with Gasteiger partial charge < -0.3 is 0 Å². The Morgan fingerprint density at radius 2 is 2.00 bits per heavy atom. The van der Waals surface area contributed by atoms with Crippen molar-refractivity contribution < 1.29 is 4.99 Å². The lowest BCUT2D eigenvalue weighted by molar-refractivity contribution is -0.466. The Labute approximate surface area is 117 Å². The van der Waals surface area contributed by atoms with Crippen molar-refractivity contribution in [3.05, 3.63) is 45.3 Å². The third kappa shape index (κ3) is 1.85. The highest BCUT2D eigenvalue weighted by Gasteiger charge is 2.13. The van der Waals surface area contributed by atoms with Gasteiger partial charge in [-0.25, -0.2) is 9.98 Å². The van der Waals surface area contributed by atoms with Crippen molar-refractivity contribution in [3.63, 3.8) is 0 Å². The summed E-state index contributed by atoms with van der Waals surface area (Å²) in [5, 5.41) is 1.16. The zero-order valence-electron chi connectivity index (χ0n) is 9.20. The second kappa shape index (κ2) is 4.34. The maximum Gasteiger partial charge on any atom is 0.213 e. The van der Waals surface area contributed by atoms with Crippen LogP contribution in [0.3, 0.4) is 0 Å². The molecule has 0 amide bonds. The monoisotopic (exact) mass is 353 g/mol. The predicted molar refractivity (Wildman–Crippen MR) is 79.0 cm³/mol. The van der Waals surface area contributed by atoms with Gasteiger partial charge in [0.2, 0.25) is 5.36 Å². The number of halogens is 1. The minimum absolute atomic E-state index is 1.07. The van der Waals surface area contributed by atoms with E-state index in [1.807, 2.05) is 13.1 Å². The van der Waals surface area contributed by atoms with Crippen LogP contribution in [0.15, 0.2) is 36.4 Å². The molecule has 2 aliphatic rings. The summed E-state index contributed by atoms with van der Waals surface area (Å²) in [5.74, 6) is 0. The molecule has 1 aliphatic carbocycles. The van der Waals surface area contributed by atoms with Gasteiger partial charge in [0.05, 0.1) is 20.8 Å². The van der Waals surface area contributed by atoms with Crippen LogP contribution in [0.25, 0.3) is 20.8 Å². The lowest BCUT2D eigenvalue weighted by atomic mass is 10.2. The highest BCUT2D eigenvalue weighted by molar-refractivity contribution is 14.1. The van der Waals surface area contributed by atoms with Crippen molar-refractivity contribution in [1.82, 2.24) is 4.98 Å². The molecule has 3 rings (SSSR count). The molecule has 0 saturated carbocycles. The molecule has 0 unspecified atom stereocenters. The molecule has 0 aromatic heterocycles. The maximum absolute atomic E-state index is 4.69. The first-order chi connectivity index (χ1) is 8.29. The minimum atomic E-state index is 1.07. The van der Waals surface area contributed by atoms with Gasteiger partial charge >= 0.3 is 0 Å². The Kier molecular flexibility index (Phi) is 2.84. The number of hydrogen-bond donors (Lipinski definition) is 1. The van der Waals surface area contributed by atoms with Crippen LogP contribution in [0.4, 0.5) is 0 Å². The van der Waals surface area contributed by atoms with Gasteiger partial charge in [0.1, 0.15) is 10.6 Å². The average molecular weight is 353 g/mol. The first-order valence-electron chi connectivity index (χ1n) is 5.28. The van der Waals surface area contributed by atoms with E-state index < -0.39 is 0 Å². The van der Waals surface area contributed by atoms with Crippen molar-refractivity contribution in [2.24, 2.45) is 0 Å². The van der Waals surface area contributed by atoms with Gasteiger partial charge in [0, 0.05) is 6.07 Å². The predicted octanol–water partition coefficient (Wildman–Crippen LogP) is 1.62. The fraction of sp³-hybridized carbons (Fsp3) is 0.0769. The Balaban J connectivity index is 2.49. The van der Waals surface area contributed by atoms with Gasteiger partial charge in [-0.05, 0) is 40.8 Å². The van der Waals surface area contributed by atoms with E-state index in [-0.39, 0.29) is 0 Å². The number of fused-ring (bicyclic) bond motifs is 2. The topological polar surface area (TPSA) is 26.9 Å². The Hall–Kier alpha value is -1.01. The number of para-hydroxylation sites is 1. The number of aromatic nitrogens is 1. The zero-order valence-corrected chi connectivity index (χ0v) is 12.2. The van der Waals surface area contributed by atoms with Gasteiger partial charge in [-0.15, -0.1) is 11.3 Å². The number of hydrogen-bond acceptors (Lipinski definition) is 2. The fourth-order valence-corrected chi connectivity index (χ4v) is 3.86. The number of nitrogens with one attached hydrogen (secondary N) is 1. The number of benzene rings is 2. The van der Waals surface area contributed by atoms with E-state index in [1.165, 1.54) is 13.1 Å². The molecule has 2 nitrogen and oxygen atoms in total. The normalized spacial score (nSPS) is 12.5. The Morgan fingerprint density at radius 3 is 2.82 bits per heavy atom. The molecule has 1 aliphatic heterocycles. The maximum atomic E-state index is 4.69. The molecule has 0 atom stereocenters. The highest BCUT2D eigenvalue weighted by atomic mass is 127. The van der Waals surface area contributed by atoms with Crippen molar-refractivity contribution in [2.75, 3.05) is 7.05 Å². The van der Waals surface area contributed by atoms with Gasteiger partial charge in [-0.1, -0.05) is 12.1 Å². The van der Waals surface area contributed by atoms with E-state index in [1.54, 1.807) is 11.3 Å². The van der Waals surface area contributed by atoms with E-state index in [9.17, 15) is 0 Å². The molecule has 0 bridgehead atoms. The molecule has 1 N–H and O–H groups in total. The van der Waals surface area contributed by atoms with Crippen molar-refractivity contribution in [3.8, 4) is 10.6 Å². The van der Waals surface area contributed by atoms with Crippen LogP contribution < -0.4 is 10.3 Å². The first-order valence-corrected chi connectivity index (χ1v) is 7.18. The van der Waals surface area contributed by atoms with Gasteiger partial charge in [0.25, 0.3) is 0 Å². The van der Waals surface area contributed by atoms with Gasteiger partial charge in [-0.3, -0.25) is 0 Å². The molecule has 4 heteroatoms. The van der Waals surface area contributed by atoms with Crippen LogP contribution in [0.2, 0.25) is 0 Å². The van der Waals surface area contributed by atoms with Crippen LogP contribution in [0.1, 0.15) is 0 Å². The number of nitrogens with zero attached hydrogens (tertiary/aromatic N) is 1. The summed E-state index contributed by atoms with van der Waals surface area (Å²) in [5.41, 5.74) is 2.13. The van der Waals surface area contributed by atoms with Crippen LogP contribution in [0.5, 0.6) is 0 Å². The molecule has 1 heterocycles. The first kappa shape index (κ1) is 11.1. The number of rotatable bonds is 0. The molecular weight excluding hydrogens is 343 g/mol. The summed E-state index contributed by atoms with van der Waals surface area (Å²) in [4.78, 5) is 9.15. The third-order valence-electron chi connectivity index (χ3n) is 2.66. The SMILES string of the molecule is C[NH+]=c1ccc2nc3ccccc3sc-2c1I. The van der Waals surface area contributed by atoms with Crippen LogP contribution in [0, 0.1) is 3.57 Å². The van der Waals surface area contributed by atoms with Crippen molar-refractivity contribution in [2.45, 2.75) is 0 Å². The molecular formula is C13H10IN2S+. The fourth-order valence-electron chi connectivity index (χ4n) is 1.80. The lowest BCUT2D eigenvalue weighted by Crippen LogP contribution is -2.72. The Bertz CT molecular complexity index is 733. The molecule has 0 fully saturated rings. The average Bonchev–Trinajstić information content (AvgIpc) is 2.37. The molecule has 0 spiro atoms. The van der Waals surface area contributed by atoms with E-state index in [0.717, 1.165) is 16.6 Å². The smallest absolute Gasteiger partial charge is 0.213 e. The molecule has 0 saturated heterocycles. The third-order valence-corrected chi connectivity index (χ3v) is 5.33. The van der Waals surface area contributed by atoms with Crippen LogP contribution >= 0.6 is 33.9 Å². The Morgan fingerprint density at radius 1 is 1.18 bits per heavy atom. The van der Waals surface area contributed by atoms with Gasteiger partial charge in [0.15, 0.2) is 0 Å². The second-order valence-corrected chi connectivity index (χ2v) is 5.84. The zero-order chi connectivity index (χ0) is 11.8. The molecule has 1 aromatic rings. The summed E-state index contributed by atoms with van der Waals surface area (Å²) in [6.45, 7) is 0.